The minimum Gasteiger partial charge on any atom is -0.384 e. The third kappa shape index (κ3) is 16.8. The molecule has 0 aliphatic carbocycles. The van der Waals surface area contributed by atoms with Crippen LogP contribution in [-0.4, -0.2) is 52.1 Å². The first-order valence-corrected chi connectivity index (χ1v) is 18.2. The number of aliphatic hydroxyl groups is 2. The number of quaternary nitrogens is 1. The smallest absolute Gasteiger partial charge is 0.134 e. The van der Waals surface area contributed by atoms with Gasteiger partial charge in [-0.15, -0.1) is 0 Å². The molecule has 4 unspecified atom stereocenters. The molecule has 4 atom stereocenters. The maximum absolute atomic E-state index is 10.5. The first-order valence-electron chi connectivity index (χ1n) is 18.2. The van der Waals surface area contributed by atoms with Crippen molar-refractivity contribution >= 4 is 0 Å². The summed E-state index contributed by atoms with van der Waals surface area (Å²) in [4.78, 5) is 0. The summed E-state index contributed by atoms with van der Waals surface area (Å²) in [5, 5.41) is 21.0. The van der Waals surface area contributed by atoms with Gasteiger partial charge in [0.25, 0.3) is 0 Å². The Kier molecular flexibility index (Phi) is 23.2. The molecule has 0 bridgehead atoms. The van der Waals surface area contributed by atoms with Crippen LogP contribution in [0.15, 0.2) is 0 Å². The van der Waals surface area contributed by atoms with E-state index in [-0.39, 0.29) is 0 Å². The van der Waals surface area contributed by atoms with E-state index in [0.29, 0.717) is 12.1 Å². The molecule has 0 radical (unpaired) electrons. The Bertz CT molecular complexity index is 478. The normalized spacial score (nSPS) is 22.9. The molecular formula is C36H74NO2+. The molecule has 3 nitrogen and oxygen atoms in total. The van der Waals surface area contributed by atoms with Crippen molar-refractivity contribution in [1.82, 2.24) is 0 Å². The molecule has 2 N–H and O–H groups in total. The van der Waals surface area contributed by atoms with E-state index in [0.717, 1.165) is 17.6 Å². The molecular weight excluding hydrogens is 478 g/mol. The Balaban J connectivity index is 2.19. The van der Waals surface area contributed by atoms with E-state index in [1.165, 1.54) is 167 Å². The summed E-state index contributed by atoms with van der Waals surface area (Å²) in [5.74, 6) is 0. The van der Waals surface area contributed by atoms with E-state index in [2.05, 4.69) is 27.7 Å². The summed E-state index contributed by atoms with van der Waals surface area (Å²) in [5.41, 5.74) is 0. The standard InChI is InChI=1S/C36H74NO2/c1-5-7-9-11-13-15-17-19-21-23-25-27-29-33(3)37(31-35(38)36(39)32-37)34(4)30-28-26-24-22-20-18-16-14-12-10-8-6-2/h33-36,38-39H,5-32H2,1-4H3/q+1. The van der Waals surface area contributed by atoms with E-state index in [1.807, 2.05) is 0 Å². The van der Waals surface area contributed by atoms with E-state index >= 15 is 0 Å². The van der Waals surface area contributed by atoms with Gasteiger partial charge in [-0.2, -0.15) is 0 Å². The average molecular weight is 553 g/mol. The van der Waals surface area contributed by atoms with Gasteiger partial charge in [0.05, 0.1) is 12.1 Å². The molecule has 1 heterocycles. The van der Waals surface area contributed by atoms with Gasteiger partial charge >= 0.3 is 0 Å². The van der Waals surface area contributed by atoms with Crippen molar-refractivity contribution in [3.05, 3.63) is 0 Å². The van der Waals surface area contributed by atoms with E-state index in [1.54, 1.807) is 0 Å². The molecule has 1 rings (SSSR count). The number of likely N-dealkylation sites (tertiary alicyclic amines) is 1. The predicted molar refractivity (Wildman–Crippen MR) is 172 cm³/mol. The fourth-order valence-corrected chi connectivity index (χ4v) is 7.24. The Morgan fingerprint density at radius 3 is 0.923 bits per heavy atom. The number of hydrogen-bond acceptors (Lipinski definition) is 2. The molecule has 0 aromatic heterocycles. The van der Waals surface area contributed by atoms with Gasteiger partial charge in [0.2, 0.25) is 0 Å². The molecule has 39 heavy (non-hydrogen) atoms. The Hall–Kier alpha value is -0.120. The summed E-state index contributed by atoms with van der Waals surface area (Å²) in [6.07, 6.45) is 34.9. The highest BCUT2D eigenvalue weighted by atomic mass is 16.3. The molecule has 3 heteroatoms. The molecule has 1 fully saturated rings. The van der Waals surface area contributed by atoms with Gasteiger partial charge in [-0.3, -0.25) is 0 Å². The maximum atomic E-state index is 10.5. The van der Waals surface area contributed by atoms with Crippen LogP contribution >= 0.6 is 0 Å². The average Bonchev–Trinajstić information content (AvgIpc) is 3.24. The fraction of sp³-hybridized carbons (Fsp3) is 1.00. The van der Waals surface area contributed by atoms with Crippen LogP contribution in [0.4, 0.5) is 0 Å². The van der Waals surface area contributed by atoms with Gasteiger partial charge in [-0.1, -0.05) is 155 Å². The van der Waals surface area contributed by atoms with Crippen LogP contribution < -0.4 is 0 Å². The first kappa shape index (κ1) is 36.9. The number of nitrogens with zero attached hydrogens (tertiary/aromatic N) is 1. The van der Waals surface area contributed by atoms with Gasteiger partial charge in [0.1, 0.15) is 25.3 Å². The third-order valence-corrected chi connectivity index (χ3v) is 10.2. The van der Waals surface area contributed by atoms with Crippen molar-refractivity contribution in [3.63, 3.8) is 0 Å². The minimum absolute atomic E-state index is 0.534. The van der Waals surface area contributed by atoms with Crippen LogP contribution in [0.5, 0.6) is 0 Å². The fourth-order valence-electron chi connectivity index (χ4n) is 7.24. The summed E-state index contributed by atoms with van der Waals surface area (Å²) in [6.45, 7) is 10.9. The van der Waals surface area contributed by atoms with Crippen LogP contribution in [0.2, 0.25) is 0 Å². The molecule has 1 aliphatic heterocycles. The van der Waals surface area contributed by atoms with Crippen LogP contribution in [0, 0.1) is 0 Å². The van der Waals surface area contributed by atoms with Crippen molar-refractivity contribution in [1.29, 1.82) is 0 Å². The van der Waals surface area contributed by atoms with Crippen molar-refractivity contribution in [2.75, 3.05) is 13.1 Å². The van der Waals surface area contributed by atoms with Crippen LogP contribution in [-0.2, 0) is 0 Å². The van der Waals surface area contributed by atoms with Crippen molar-refractivity contribution in [3.8, 4) is 0 Å². The molecule has 234 valence electrons. The van der Waals surface area contributed by atoms with Crippen LogP contribution in [0.25, 0.3) is 0 Å². The molecule has 0 spiro atoms. The van der Waals surface area contributed by atoms with Gasteiger partial charge < -0.3 is 14.7 Å². The van der Waals surface area contributed by atoms with Crippen molar-refractivity contribution in [2.24, 2.45) is 0 Å². The van der Waals surface area contributed by atoms with Crippen molar-refractivity contribution < 1.29 is 14.7 Å². The third-order valence-electron chi connectivity index (χ3n) is 10.2. The van der Waals surface area contributed by atoms with Crippen molar-refractivity contribution in [2.45, 2.75) is 219 Å². The molecule has 0 aromatic carbocycles. The van der Waals surface area contributed by atoms with Crippen LogP contribution in [0.1, 0.15) is 195 Å². The molecule has 0 amide bonds. The van der Waals surface area contributed by atoms with Crippen LogP contribution in [0.3, 0.4) is 0 Å². The summed E-state index contributed by atoms with van der Waals surface area (Å²) >= 11 is 0. The Morgan fingerprint density at radius 2 is 0.667 bits per heavy atom. The number of aliphatic hydroxyl groups excluding tert-OH is 2. The molecule has 1 aliphatic rings. The van der Waals surface area contributed by atoms with E-state index in [9.17, 15) is 10.2 Å². The first-order chi connectivity index (χ1) is 19.0. The predicted octanol–water partition coefficient (Wildman–Crippen LogP) is 10.5. The summed E-state index contributed by atoms with van der Waals surface area (Å²) in [6, 6.07) is 1.07. The second-order valence-corrected chi connectivity index (χ2v) is 13.7. The summed E-state index contributed by atoms with van der Waals surface area (Å²) < 4.78 is 0.943. The van der Waals surface area contributed by atoms with Gasteiger partial charge in [-0.05, 0) is 39.5 Å². The topological polar surface area (TPSA) is 40.5 Å². The molecule has 0 saturated carbocycles. The maximum Gasteiger partial charge on any atom is 0.134 e. The summed E-state index contributed by atoms with van der Waals surface area (Å²) in [7, 11) is 0. The SMILES string of the molecule is CCCCCCCCCCCCCCC(C)[N+]1(C(C)CCCCCCCCCCCCCC)CC(O)C(O)C1. The number of hydrogen-bond donors (Lipinski definition) is 2. The highest BCUT2D eigenvalue weighted by Gasteiger charge is 2.49. The van der Waals surface area contributed by atoms with Gasteiger partial charge in [-0.25, -0.2) is 0 Å². The monoisotopic (exact) mass is 553 g/mol. The lowest BCUT2D eigenvalue weighted by Gasteiger charge is -2.45. The second kappa shape index (κ2) is 24.5. The zero-order valence-electron chi connectivity index (χ0n) is 27.5. The lowest BCUT2D eigenvalue weighted by molar-refractivity contribution is -0.962. The highest BCUT2D eigenvalue weighted by Crippen LogP contribution is 2.33. The second-order valence-electron chi connectivity index (χ2n) is 13.7. The minimum atomic E-state index is -0.543. The zero-order chi connectivity index (χ0) is 28.6. The zero-order valence-corrected chi connectivity index (χ0v) is 27.5. The van der Waals surface area contributed by atoms with E-state index < -0.39 is 12.2 Å². The lowest BCUT2D eigenvalue weighted by atomic mass is 9.98. The number of unbranched alkanes of at least 4 members (excludes halogenated alkanes) is 22. The Morgan fingerprint density at radius 1 is 0.436 bits per heavy atom. The van der Waals surface area contributed by atoms with E-state index in [4.69, 9.17) is 0 Å². The van der Waals surface area contributed by atoms with Gasteiger partial charge in [0.15, 0.2) is 0 Å². The molecule has 1 saturated heterocycles. The largest absolute Gasteiger partial charge is 0.384 e. The molecule has 0 aromatic rings. The lowest BCUT2D eigenvalue weighted by Crippen LogP contribution is -2.58. The number of rotatable bonds is 28. The highest BCUT2D eigenvalue weighted by molar-refractivity contribution is 4.79. The Labute approximate surface area is 246 Å². The van der Waals surface area contributed by atoms with Gasteiger partial charge in [0, 0.05) is 0 Å². The quantitative estimate of drug-likeness (QED) is 0.0748.